The van der Waals surface area contributed by atoms with E-state index in [0.717, 1.165) is 30.8 Å². The van der Waals surface area contributed by atoms with E-state index in [2.05, 4.69) is 21.8 Å². The van der Waals surface area contributed by atoms with Crippen LogP contribution in [0.4, 0.5) is 0 Å². The lowest BCUT2D eigenvalue weighted by Gasteiger charge is -2.22. The van der Waals surface area contributed by atoms with E-state index >= 15 is 0 Å². The van der Waals surface area contributed by atoms with Crippen LogP contribution in [0.3, 0.4) is 0 Å². The number of hydrogen-bond donors (Lipinski definition) is 0. The van der Waals surface area contributed by atoms with Crippen LogP contribution in [0, 0.1) is 0 Å². The fourth-order valence-corrected chi connectivity index (χ4v) is 5.61. The maximum Gasteiger partial charge on any atom is 0.293 e. The van der Waals surface area contributed by atoms with Gasteiger partial charge in [-0.25, -0.2) is 9.67 Å². The number of rotatable bonds is 3. The number of nitrogens with zero attached hydrogens (tertiary/aromatic N) is 4. The first kappa shape index (κ1) is 17.5. The minimum atomic E-state index is -0.0555. The molecule has 28 heavy (non-hydrogen) atoms. The van der Waals surface area contributed by atoms with E-state index in [4.69, 9.17) is 0 Å². The van der Waals surface area contributed by atoms with Gasteiger partial charge in [0.2, 0.25) is 5.82 Å². The van der Waals surface area contributed by atoms with Gasteiger partial charge in [0.05, 0.1) is 5.69 Å². The summed E-state index contributed by atoms with van der Waals surface area (Å²) in [6.45, 7) is 1.61. The van der Waals surface area contributed by atoms with E-state index in [-0.39, 0.29) is 11.7 Å². The molecular weight excluding hydrogens is 368 g/mol. The Morgan fingerprint density at radius 3 is 2.43 bits per heavy atom. The summed E-state index contributed by atoms with van der Waals surface area (Å²) in [7, 11) is 0. The zero-order valence-electron chi connectivity index (χ0n) is 15.6. The molecule has 2 aliphatic heterocycles. The van der Waals surface area contributed by atoms with Crippen molar-refractivity contribution in [2.75, 3.05) is 13.1 Å². The molecule has 6 heteroatoms. The highest BCUT2D eigenvalue weighted by Gasteiger charge is 2.34. The highest BCUT2D eigenvalue weighted by Crippen LogP contribution is 2.38. The Hall–Kier alpha value is -2.60. The van der Waals surface area contributed by atoms with Gasteiger partial charge in [0.15, 0.2) is 5.82 Å². The lowest BCUT2D eigenvalue weighted by molar-refractivity contribution is 0.0739. The number of amides is 1. The van der Waals surface area contributed by atoms with Gasteiger partial charge >= 0.3 is 0 Å². The Labute approximate surface area is 168 Å². The second kappa shape index (κ2) is 7.43. The maximum absolute atomic E-state index is 13.2. The largest absolute Gasteiger partial charge is 0.335 e. The highest BCUT2D eigenvalue weighted by molar-refractivity contribution is 8.00. The highest BCUT2D eigenvalue weighted by atomic mass is 32.2. The van der Waals surface area contributed by atoms with Gasteiger partial charge in [-0.05, 0) is 31.4 Å². The average molecular weight is 391 g/mol. The molecule has 0 spiro atoms. The summed E-state index contributed by atoms with van der Waals surface area (Å²) in [4.78, 5) is 19.9. The summed E-state index contributed by atoms with van der Waals surface area (Å²) >= 11 is 2.05. The third-order valence-corrected chi connectivity index (χ3v) is 7.08. The predicted molar refractivity (Wildman–Crippen MR) is 112 cm³/mol. The molecule has 1 amide bonds. The van der Waals surface area contributed by atoms with Crippen molar-refractivity contribution in [3.8, 4) is 17.1 Å². The van der Waals surface area contributed by atoms with Crippen LogP contribution in [0.2, 0.25) is 0 Å². The predicted octanol–water partition coefficient (Wildman–Crippen LogP) is 4.04. The lowest BCUT2D eigenvalue weighted by atomic mass is 10.1. The number of carbonyl (C=O) groups is 1. The second-order valence-corrected chi connectivity index (χ2v) is 8.98. The summed E-state index contributed by atoms with van der Waals surface area (Å²) in [6, 6.07) is 19.8. The van der Waals surface area contributed by atoms with Gasteiger partial charge < -0.3 is 4.90 Å². The number of benzene rings is 2. The Morgan fingerprint density at radius 1 is 0.929 bits per heavy atom. The van der Waals surface area contributed by atoms with Crippen molar-refractivity contribution in [1.29, 1.82) is 0 Å². The Morgan fingerprint density at radius 2 is 1.64 bits per heavy atom. The Balaban J connectivity index is 1.51. The zero-order chi connectivity index (χ0) is 18.9. The van der Waals surface area contributed by atoms with Gasteiger partial charge in [-0.15, -0.1) is 5.10 Å². The number of carbonyl (C=O) groups excluding carboxylic acids is 1. The fourth-order valence-electron chi connectivity index (χ4n) is 4.02. The molecule has 2 unspecified atom stereocenters. The molecule has 0 N–H and O–H groups in total. The van der Waals surface area contributed by atoms with Crippen LogP contribution in [0.25, 0.3) is 17.1 Å². The number of hydrogen-bond acceptors (Lipinski definition) is 4. The third kappa shape index (κ3) is 3.33. The molecule has 142 valence electrons. The first-order chi connectivity index (χ1) is 13.8. The van der Waals surface area contributed by atoms with Crippen LogP contribution in [0.15, 0.2) is 60.7 Å². The van der Waals surface area contributed by atoms with Gasteiger partial charge in [-0.2, -0.15) is 11.8 Å². The van der Waals surface area contributed by atoms with Crippen molar-refractivity contribution < 1.29 is 4.79 Å². The van der Waals surface area contributed by atoms with Crippen molar-refractivity contribution in [2.24, 2.45) is 0 Å². The fraction of sp³-hybridized carbons (Fsp3) is 0.318. The van der Waals surface area contributed by atoms with E-state index in [1.165, 1.54) is 12.8 Å². The summed E-state index contributed by atoms with van der Waals surface area (Å²) in [5, 5.41) is 5.89. The van der Waals surface area contributed by atoms with Crippen molar-refractivity contribution in [3.05, 3.63) is 66.5 Å². The summed E-state index contributed by atoms with van der Waals surface area (Å²) < 4.78 is 1.78. The molecule has 3 aromatic rings. The molecule has 0 saturated carbocycles. The Kier molecular flexibility index (Phi) is 4.64. The first-order valence-corrected chi connectivity index (χ1v) is 10.7. The number of thioether (sulfide) groups is 1. The summed E-state index contributed by atoms with van der Waals surface area (Å²) in [6.07, 6.45) is 3.56. The molecule has 5 nitrogen and oxygen atoms in total. The van der Waals surface area contributed by atoms with E-state index in [1.807, 2.05) is 65.6 Å². The van der Waals surface area contributed by atoms with E-state index in [0.29, 0.717) is 16.3 Å². The van der Waals surface area contributed by atoms with Crippen LogP contribution in [-0.2, 0) is 0 Å². The smallest absolute Gasteiger partial charge is 0.293 e. The molecule has 2 bridgehead atoms. The van der Waals surface area contributed by atoms with Gasteiger partial charge in [0.1, 0.15) is 0 Å². The van der Waals surface area contributed by atoms with Crippen LogP contribution >= 0.6 is 11.8 Å². The van der Waals surface area contributed by atoms with Crippen molar-refractivity contribution in [2.45, 2.75) is 29.8 Å². The zero-order valence-corrected chi connectivity index (χ0v) is 16.4. The molecule has 0 radical (unpaired) electrons. The maximum atomic E-state index is 13.2. The minimum Gasteiger partial charge on any atom is -0.335 e. The van der Waals surface area contributed by atoms with Gasteiger partial charge in [-0.1, -0.05) is 48.5 Å². The molecule has 2 aliphatic rings. The normalized spacial score (nSPS) is 21.5. The number of fused-ring (bicyclic) bond motifs is 2. The molecule has 3 heterocycles. The van der Waals surface area contributed by atoms with Crippen LogP contribution in [0.1, 0.15) is 29.9 Å². The van der Waals surface area contributed by atoms with Crippen molar-refractivity contribution in [3.63, 3.8) is 0 Å². The molecule has 2 fully saturated rings. The van der Waals surface area contributed by atoms with Crippen LogP contribution in [0.5, 0.6) is 0 Å². The standard InChI is InChI=1S/C22H22N4OS/c27-22(25-14-13-18-11-12-19(15-25)28-18)20-23-21(16-7-3-1-4-8-16)26(24-20)17-9-5-2-6-10-17/h1-10,18-19H,11-15H2. The van der Waals surface area contributed by atoms with Crippen molar-refractivity contribution in [1.82, 2.24) is 19.7 Å². The van der Waals surface area contributed by atoms with E-state index in [1.54, 1.807) is 4.68 Å². The molecule has 2 aromatic carbocycles. The van der Waals surface area contributed by atoms with E-state index < -0.39 is 0 Å². The quantitative estimate of drug-likeness (QED) is 0.677. The molecule has 2 atom stereocenters. The first-order valence-electron chi connectivity index (χ1n) is 9.80. The summed E-state index contributed by atoms with van der Waals surface area (Å²) in [5.41, 5.74) is 1.85. The molecule has 5 rings (SSSR count). The SMILES string of the molecule is O=C(c1nc(-c2ccccc2)n(-c2ccccc2)n1)N1CCC2CCC(C1)S2. The lowest BCUT2D eigenvalue weighted by Crippen LogP contribution is -2.37. The van der Waals surface area contributed by atoms with Crippen LogP contribution < -0.4 is 0 Å². The number of likely N-dealkylation sites (tertiary alicyclic amines) is 1. The molecule has 1 aromatic heterocycles. The number of para-hydroxylation sites is 1. The van der Waals surface area contributed by atoms with Crippen molar-refractivity contribution >= 4 is 17.7 Å². The monoisotopic (exact) mass is 390 g/mol. The van der Waals surface area contributed by atoms with Gasteiger partial charge in [0.25, 0.3) is 5.91 Å². The molecule has 2 saturated heterocycles. The average Bonchev–Trinajstić information content (AvgIpc) is 3.32. The molecular formula is C22H22N4OS. The van der Waals surface area contributed by atoms with Gasteiger partial charge in [-0.3, -0.25) is 4.79 Å². The second-order valence-electron chi connectivity index (χ2n) is 7.37. The van der Waals surface area contributed by atoms with E-state index in [9.17, 15) is 4.79 Å². The topological polar surface area (TPSA) is 51.0 Å². The summed E-state index contributed by atoms with van der Waals surface area (Å²) in [5.74, 6) is 0.923. The van der Waals surface area contributed by atoms with Gasteiger partial charge in [0, 0.05) is 29.2 Å². The minimum absolute atomic E-state index is 0.0555. The molecule has 0 aliphatic carbocycles. The Bertz CT molecular complexity index is 916. The third-order valence-electron chi connectivity index (χ3n) is 5.46. The van der Waals surface area contributed by atoms with Crippen LogP contribution in [-0.4, -0.2) is 49.2 Å². The number of aromatic nitrogens is 3.